The maximum Gasteiger partial charge on any atom is 0.274 e. The molecule has 138 valence electrons. The minimum Gasteiger partial charge on any atom is -0.354 e. The Bertz CT molecular complexity index is 606. The number of rotatable bonds is 5. The van der Waals surface area contributed by atoms with Crippen molar-refractivity contribution in [2.24, 2.45) is 5.92 Å². The highest BCUT2D eigenvalue weighted by Crippen LogP contribution is 2.18. The Kier molecular flexibility index (Phi) is 5.73. The summed E-state index contributed by atoms with van der Waals surface area (Å²) in [6.07, 6.45) is 5.85. The van der Waals surface area contributed by atoms with Gasteiger partial charge in [0.25, 0.3) is 5.91 Å². The van der Waals surface area contributed by atoms with Gasteiger partial charge in [-0.25, -0.2) is 0 Å². The molecule has 2 aliphatic heterocycles. The minimum atomic E-state index is -0.0404. The lowest BCUT2D eigenvalue weighted by molar-refractivity contribution is -0.123. The van der Waals surface area contributed by atoms with E-state index in [0.29, 0.717) is 24.7 Å². The van der Waals surface area contributed by atoms with Crippen LogP contribution in [-0.4, -0.2) is 58.7 Å². The van der Waals surface area contributed by atoms with Gasteiger partial charge in [-0.05, 0) is 58.1 Å². The number of carbonyl (C=O) groups excluding carboxylic acids is 2. The van der Waals surface area contributed by atoms with Crippen LogP contribution in [0.4, 0.5) is 0 Å². The molecule has 25 heavy (non-hydrogen) atoms. The fourth-order valence-corrected chi connectivity index (χ4v) is 3.59. The Morgan fingerprint density at radius 2 is 2.20 bits per heavy atom. The molecule has 0 radical (unpaired) electrons. The van der Waals surface area contributed by atoms with Crippen LogP contribution in [0.5, 0.6) is 0 Å². The van der Waals surface area contributed by atoms with Gasteiger partial charge in [0.2, 0.25) is 5.91 Å². The number of amides is 2. The summed E-state index contributed by atoms with van der Waals surface area (Å²) in [6.45, 7) is 7.10. The Labute approximate surface area is 149 Å². The highest BCUT2D eigenvalue weighted by atomic mass is 16.2. The van der Waals surface area contributed by atoms with Crippen LogP contribution < -0.4 is 10.6 Å². The molecule has 7 heteroatoms. The van der Waals surface area contributed by atoms with Gasteiger partial charge >= 0.3 is 0 Å². The van der Waals surface area contributed by atoms with Gasteiger partial charge < -0.3 is 15.5 Å². The van der Waals surface area contributed by atoms with Crippen molar-refractivity contribution < 1.29 is 9.59 Å². The van der Waals surface area contributed by atoms with E-state index in [1.165, 1.54) is 0 Å². The molecule has 7 nitrogen and oxygen atoms in total. The lowest BCUT2D eigenvalue weighted by Crippen LogP contribution is -2.46. The van der Waals surface area contributed by atoms with Crippen molar-refractivity contribution in [2.45, 2.75) is 51.6 Å². The van der Waals surface area contributed by atoms with E-state index in [9.17, 15) is 9.59 Å². The molecule has 2 atom stereocenters. The molecule has 0 saturated carbocycles. The number of hydrogen-bond acceptors (Lipinski definition) is 4. The Morgan fingerprint density at radius 1 is 1.36 bits per heavy atom. The second-order valence-corrected chi connectivity index (χ2v) is 7.43. The van der Waals surface area contributed by atoms with Crippen molar-refractivity contribution in [2.75, 3.05) is 26.2 Å². The standard InChI is InChI=1S/C18H29N5O2/c1-13(2)23-10-7-16(21-23)18(25)22-9-4-5-14(12-22)11-20-17(24)15-6-3-8-19-15/h7,10,13-15,19H,3-6,8-9,11-12H2,1-2H3,(H,20,24). The summed E-state index contributed by atoms with van der Waals surface area (Å²) < 4.78 is 1.81. The van der Waals surface area contributed by atoms with Crippen molar-refractivity contribution in [3.63, 3.8) is 0 Å². The molecule has 0 aliphatic carbocycles. The zero-order valence-electron chi connectivity index (χ0n) is 15.2. The maximum atomic E-state index is 12.7. The first-order valence-corrected chi connectivity index (χ1v) is 9.40. The zero-order valence-corrected chi connectivity index (χ0v) is 15.2. The number of carbonyl (C=O) groups is 2. The third kappa shape index (κ3) is 4.39. The van der Waals surface area contributed by atoms with Crippen LogP contribution in [0.15, 0.2) is 12.3 Å². The van der Waals surface area contributed by atoms with Crippen LogP contribution in [0.1, 0.15) is 56.1 Å². The predicted molar refractivity (Wildman–Crippen MR) is 95.3 cm³/mol. The van der Waals surface area contributed by atoms with Crippen LogP contribution in [0.25, 0.3) is 0 Å². The van der Waals surface area contributed by atoms with Gasteiger partial charge in [0.1, 0.15) is 5.69 Å². The monoisotopic (exact) mass is 347 g/mol. The molecule has 3 rings (SSSR count). The number of hydrogen-bond donors (Lipinski definition) is 2. The molecule has 1 aromatic rings. The number of nitrogens with zero attached hydrogens (tertiary/aromatic N) is 3. The highest BCUT2D eigenvalue weighted by Gasteiger charge is 2.27. The Hall–Kier alpha value is -1.89. The highest BCUT2D eigenvalue weighted by molar-refractivity contribution is 5.92. The molecular weight excluding hydrogens is 318 g/mol. The van der Waals surface area contributed by atoms with E-state index in [0.717, 1.165) is 38.8 Å². The minimum absolute atomic E-state index is 0.00659. The largest absolute Gasteiger partial charge is 0.354 e. The molecule has 2 fully saturated rings. The van der Waals surface area contributed by atoms with E-state index in [2.05, 4.69) is 15.7 Å². The van der Waals surface area contributed by atoms with Gasteiger partial charge in [-0.3, -0.25) is 14.3 Å². The molecular formula is C18H29N5O2. The van der Waals surface area contributed by atoms with E-state index < -0.39 is 0 Å². The first-order valence-electron chi connectivity index (χ1n) is 9.40. The van der Waals surface area contributed by atoms with Crippen molar-refractivity contribution in [3.05, 3.63) is 18.0 Å². The molecule has 2 N–H and O–H groups in total. The van der Waals surface area contributed by atoms with Gasteiger partial charge in [-0.2, -0.15) is 5.10 Å². The maximum absolute atomic E-state index is 12.7. The van der Waals surface area contributed by atoms with Crippen molar-refractivity contribution in [1.29, 1.82) is 0 Å². The fourth-order valence-electron chi connectivity index (χ4n) is 3.59. The smallest absolute Gasteiger partial charge is 0.274 e. The third-order valence-electron chi connectivity index (χ3n) is 5.10. The summed E-state index contributed by atoms with van der Waals surface area (Å²) in [5.41, 5.74) is 0.508. The summed E-state index contributed by atoms with van der Waals surface area (Å²) in [6, 6.07) is 2.00. The number of nitrogens with one attached hydrogen (secondary N) is 2. The van der Waals surface area contributed by atoms with Gasteiger partial charge in [-0.15, -0.1) is 0 Å². The van der Waals surface area contributed by atoms with Crippen molar-refractivity contribution >= 4 is 11.8 Å². The van der Waals surface area contributed by atoms with Gasteiger partial charge in [-0.1, -0.05) is 0 Å². The topological polar surface area (TPSA) is 79.3 Å². The fraction of sp³-hybridized carbons (Fsp3) is 0.722. The van der Waals surface area contributed by atoms with Gasteiger partial charge in [0.15, 0.2) is 0 Å². The molecule has 0 bridgehead atoms. The Balaban J connectivity index is 1.51. The van der Waals surface area contributed by atoms with Crippen LogP contribution in [0.2, 0.25) is 0 Å². The molecule has 2 amide bonds. The lowest BCUT2D eigenvalue weighted by atomic mass is 9.97. The van der Waals surface area contributed by atoms with E-state index in [-0.39, 0.29) is 23.9 Å². The average Bonchev–Trinajstić information content (AvgIpc) is 3.30. The van der Waals surface area contributed by atoms with E-state index in [4.69, 9.17) is 0 Å². The van der Waals surface area contributed by atoms with Crippen LogP contribution in [0.3, 0.4) is 0 Å². The summed E-state index contributed by atoms with van der Waals surface area (Å²) >= 11 is 0. The molecule has 2 unspecified atom stereocenters. The average molecular weight is 347 g/mol. The van der Waals surface area contributed by atoms with Gasteiger partial charge in [0, 0.05) is 31.9 Å². The molecule has 0 aromatic carbocycles. The number of aromatic nitrogens is 2. The summed E-state index contributed by atoms with van der Waals surface area (Å²) in [7, 11) is 0. The van der Waals surface area contributed by atoms with Crippen LogP contribution in [0, 0.1) is 5.92 Å². The summed E-state index contributed by atoms with van der Waals surface area (Å²) in [5.74, 6) is 0.403. The van der Waals surface area contributed by atoms with Crippen LogP contribution >= 0.6 is 0 Å². The number of piperidine rings is 1. The molecule has 1 aromatic heterocycles. The quantitative estimate of drug-likeness (QED) is 0.838. The van der Waals surface area contributed by atoms with E-state index >= 15 is 0 Å². The summed E-state index contributed by atoms with van der Waals surface area (Å²) in [4.78, 5) is 26.7. The van der Waals surface area contributed by atoms with Crippen molar-refractivity contribution in [1.82, 2.24) is 25.3 Å². The van der Waals surface area contributed by atoms with E-state index in [1.807, 2.05) is 29.6 Å². The SMILES string of the molecule is CC(C)n1ccc(C(=O)N2CCCC(CNC(=O)C3CCCN3)C2)n1. The van der Waals surface area contributed by atoms with Gasteiger partial charge in [0.05, 0.1) is 6.04 Å². The second kappa shape index (κ2) is 7.99. The molecule has 2 saturated heterocycles. The number of likely N-dealkylation sites (tertiary alicyclic amines) is 1. The predicted octanol–water partition coefficient (Wildman–Crippen LogP) is 1.18. The first kappa shape index (κ1) is 17.9. The summed E-state index contributed by atoms with van der Waals surface area (Å²) in [5, 5.41) is 10.7. The first-order chi connectivity index (χ1) is 12.0. The zero-order chi connectivity index (χ0) is 17.8. The lowest BCUT2D eigenvalue weighted by Gasteiger charge is -2.32. The van der Waals surface area contributed by atoms with Crippen LogP contribution in [-0.2, 0) is 4.79 Å². The molecule has 3 heterocycles. The van der Waals surface area contributed by atoms with Crippen molar-refractivity contribution in [3.8, 4) is 0 Å². The third-order valence-corrected chi connectivity index (χ3v) is 5.10. The van der Waals surface area contributed by atoms with E-state index in [1.54, 1.807) is 6.07 Å². The molecule has 2 aliphatic rings. The molecule has 0 spiro atoms. The second-order valence-electron chi connectivity index (χ2n) is 7.43. The Morgan fingerprint density at radius 3 is 2.88 bits per heavy atom. The normalized spacial score (nSPS) is 23.9.